The first-order valence-electron chi connectivity index (χ1n) is 21.8. The van der Waals surface area contributed by atoms with Gasteiger partial charge in [-0.05, 0) is 18.2 Å². The van der Waals surface area contributed by atoms with Gasteiger partial charge in [0.05, 0.1) is 29.2 Å². The van der Waals surface area contributed by atoms with Gasteiger partial charge in [-0.15, -0.1) is 0 Å². The van der Waals surface area contributed by atoms with Crippen LogP contribution in [0.4, 0.5) is 0 Å². The van der Waals surface area contributed by atoms with Crippen molar-refractivity contribution in [3.63, 3.8) is 0 Å². The number of imidazole rings is 1. The van der Waals surface area contributed by atoms with E-state index in [1.807, 2.05) is 24.4 Å². The number of rotatable bonds is 8. The predicted octanol–water partition coefficient (Wildman–Crippen LogP) is 14.8. The summed E-state index contributed by atoms with van der Waals surface area (Å²) in [6, 6.07) is 74.3. The van der Waals surface area contributed by atoms with Gasteiger partial charge in [0.1, 0.15) is 0 Å². The molecule has 0 saturated carbocycles. The third-order valence-electron chi connectivity index (χ3n) is 12.6. The molecule has 0 aliphatic heterocycles. The van der Waals surface area contributed by atoms with Crippen molar-refractivity contribution in [2.45, 2.75) is 0 Å². The summed E-state index contributed by atoms with van der Waals surface area (Å²) in [6.45, 7) is 0. The molecule has 0 aliphatic carbocycles. The van der Waals surface area contributed by atoms with Crippen molar-refractivity contribution in [2.75, 3.05) is 0 Å². The third-order valence-corrected chi connectivity index (χ3v) is 13.6. The second kappa shape index (κ2) is 15.5. The molecule has 0 saturated heterocycles. The van der Waals surface area contributed by atoms with E-state index in [9.17, 15) is 0 Å². The molecule has 13 rings (SSSR count). The average molecular weight is 1030 g/mol. The minimum atomic E-state index is 0.730. The molecular weight excluding hydrogens is 994 g/mol. The van der Waals surface area contributed by atoms with Gasteiger partial charge >= 0.3 is 294 Å². The molecule has 7 nitrogen and oxygen atoms in total. The molecule has 0 atom stereocenters. The number of aromatic nitrogens is 5. The minimum absolute atomic E-state index is 0.730. The van der Waals surface area contributed by atoms with Gasteiger partial charge < -0.3 is 8.98 Å². The molecule has 8 heteroatoms. The Labute approximate surface area is 389 Å². The van der Waals surface area contributed by atoms with Gasteiger partial charge in [-0.3, -0.25) is 0 Å². The standard InChI is InChI=1S/C58H37N5O2.Pt/c1-3-15-39(16-4-1)45-23-14-24-46(40-17-5-2-6-18-40)57(45)61-38-60(52-27-11-12-28-53(52)61)41-19-13-20-43(35-41)65-44-30-31-48-47-21-7-9-25-50(47)63(55(48)36-44)56-32-29-42(37-59-56)62-51-26-10-8-22-49(51)58-54(62)33-34-64-58;/h1-37H;. The number of fused-ring (bicyclic) bond motifs is 7. The number of furan rings is 1. The van der Waals surface area contributed by atoms with Crippen LogP contribution >= 0.6 is 0 Å². The number of pyridine rings is 1. The van der Waals surface area contributed by atoms with Gasteiger partial charge in [-0.2, -0.15) is 0 Å². The van der Waals surface area contributed by atoms with Crippen LogP contribution in [0.1, 0.15) is 0 Å². The summed E-state index contributed by atoms with van der Waals surface area (Å²) in [7, 11) is 0. The SMILES string of the molecule is [Pt]=[c]1n(-c2cccc(Oc3ccc4c5ccccc5n(-c5ccc(-n6c7ccccc7c7occc76)cn5)c4c3)c2)c2ccccc2n1-c1c(-c2ccccc2)cccc1-c1ccccc1. The molecular formula is C58H37N5O2Pt. The number of ether oxygens (including phenoxy) is 1. The van der Waals surface area contributed by atoms with Crippen LogP contribution in [0, 0.1) is 3.80 Å². The molecule has 0 aliphatic rings. The van der Waals surface area contributed by atoms with E-state index in [4.69, 9.17) is 14.1 Å². The van der Waals surface area contributed by atoms with E-state index in [-0.39, 0.29) is 0 Å². The predicted molar refractivity (Wildman–Crippen MR) is 262 cm³/mol. The van der Waals surface area contributed by atoms with Crippen LogP contribution < -0.4 is 4.74 Å². The summed E-state index contributed by atoms with van der Waals surface area (Å²) in [5.74, 6) is 2.28. The maximum absolute atomic E-state index is 6.81. The normalized spacial score (nSPS) is 11.7. The van der Waals surface area contributed by atoms with Crippen molar-refractivity contribution in [2.24, 2.45) is 0 Å². The van der Waals surface area contributed by atoms with Crippen LogP contribution in [0.2, 0.25) is 0 Å². The van der Waals surface area contributed by atoms with E-state index in [2.05, 4.69) is 232 Å². The van der Waals surface area contributed by atoms with Crippen molar-refractivity contribution in [3.05, 3.63) is 229 Å². The summed E-state index contributed by atoms with van der Waals surface area (Å²) in [5, 5.41) is 3.34. The molecule has 8 aromatic carbocycles. The van der Waals surface area contributed by atoms with Crippen LogP contribution in [0.15, 0.2) is 229 Å². The first-order chi connectivity index (χ1) is 32.7. The fourth-order valence-electron chi connectivity index (χ4n) is 9.73. The molecule has 316 valence electrons. The van der Waals surface area contributed by atoms with E-state index in [1.54, 1.807) is 6.26 Å². The number of hydrogen-bond donors (Lipinski definition) is 0. The molecule has 66 heavy (non-hydrogen) atoms. The van der Waals surface area contributed by atoms with Crippen LogP contribution in [0.5, 0.6) is 11.5 Å². The Morgan fingerprint density at radius 1 is 0.409 bits per heavy atom. The average Bonchev–Trinajstić information content (AvgIpc) is 4.13. The fraction of sp³-hybridized carbons (Fsp3) is 0. The van der Waals surface area contributed by atoms with Crippen molar-refractivity contribution < 1.29 is 28.5 Å². The number of nitrogens with zero attached hydrogens (tertiary/aromatic N) is 5. The molecule has 0 unspecified atom stereocenters. The van der Waals surface area contributed by atoms with Gasteiger partial charge in [0, 0.05) is 11.5 Å². The molecule has 0 amide bonds. The van der Waals surface area contributed by atoms with Crippen LogP contribution in [0.3, 0.4) is 0 Å². The Bertz CT molecular complexity index is 3990. The van der Waals surface area contributed by atoms with E-state index in [0.717, 1.165) is 115 Å². The number of hydrogen-bond acceptors (Lipinski definition) is 3. The molecule has 5 heterocycles. The van der Waals surface area contributed by atoms with Crippen molar-refractivity contribution in [1.29, 1.82) is 0 Å². The quantitative estimate of drug-likeness (QED) is 0.152. The molecule has 0 radical (unpaired) electrons. The molecule has 13 aromatic rings. The Hall–Kier alpha value is -8.25. The molecule has 5 aromatic heterocycles. The van der Waals surface area contributed by atoms with E-state index in [1.165, 1.54) is 0 Å². The maximum atomic E-state index is 6.81. The summed E-state index contributed by atoms with van der Waals surface area (Å²) in [6.07, 6.45) is 3.69. The first-order valence-corrected chi connectivity index (χ1v) is 23.0. The first kappa shape index (κ1) is 38.2. The Balaban J connectivity index is 0.907. The zero-order valence-electron chi connectivity index (χ0n) is 35.2. The van der Waals surface area contributed by atoms with Gasteiger partial charge in [-0.1, -0.05) is 24.3 Å². The van der Waals surface area contributed by atoms with Crippen LogP contribution in [0.25, 0.3) is 100.0 Å². The van der Waals surface area contributed by atoms with Crippen molar-refractivity contribution >= 4 is 54.8 Å². The fourth-order valence-corrected chi connectivity index (χ4v) is 10.8. The molecule has 0 bridgehead atoms. The van der Waals surface area contributed by atoms with Gasteiger partial charge in [-0.25, -0.2) is 0 Å². The Kier molecular flexibility index (Phi) is 8.96. The number of para-hydroxylation sites is 5. The summed E-state index contributed by atoms with van der Waals surface area (Å²) in [4.78, 5) is 5.10. The van der Waals surface area contributed by atoms with Gasteiger partial charge in [0.15, 0.2) is 5.58 Å². The molecule has 0 N–H and O–H groups in total. The second-order valence-corrected chi connectivity index (χ2v) is 17.3. The zero-order valence-corrected chi connectivity index (χ0v) is 37.5. The van der Waals surface area contributed by atoms with Gasteiger partial charge in [0.2, 0.25) is 0 Å². The topological polar surface area (TPSA) is 55.0 Å². The number of benzene rings is 8. The van der Waals surface area contributed by atoms with E-state index in [0.29, 0.717) is 0 Å². The van der Waals surface area contributed by atoms with Crippen LogP contribution in [-0.2, 0) is 19.4 Å². The monoisotopic (exact) mass is 1030 g/mol. The van der Waals surface area contributed by atoms with E-state index >= 15 is 0 Å². The van der Waals surface area contributed by atoms with E-state index < -0.39 is 0 Å². The summed E-state index contributed by atoms with van der Waals surface area (Å²) in [5.41, 5.74) is 14.9. The zero-order chi connectivity index (χ0) is 43.7. The van der Waals surface area contributed by atoms with Crippen molar-refractivity contribution in [1.82, 2.24) is 23.3 Å². The van der Waals surface area contributed by atoms with Crippen LogP contribution in [-0.4, -0.2) is 23.3 Å². The molecule has 0 spiro atoms. The second-order valence-electron chi connectivity index (χ2n) is 16.3. The van der Waals surface area contributed by atoms with Gasteiger partial charge in [0.25, 0.3) is 0 Å². The Morgan fingerprint density at radius 2 is 1.02 bits per heavy atom. The van der Waals surface area contributed by atoms with Crippen molar-refractivity contribution in [3.8, 4) is 56.6 Å². The summed E-state index contributed by atoms with van der Waals surface area (Å²) < 4.78 is 22.9. The molecule has 0 fully saturated rings. The summed E-state index contributed by atoms with van der Waals surface area (Å²) >= 11 is 2.49. The Morgan fingerprint density at radius 3 is 1.73 bits per heavy atom. The third kappa shape index (κ3) is 6.08.